The van der Waals surface area contributed by atoms with Gasteiger partial charge in [0.2, 0.25) is 0 Å². The lowest BCUT2D eigenvalue weighted by Gasteiger charge is -2.08. The van der Waals surface area contributed by atoms with Crippen LogP contribution in [0.2, 0.25) is 5.15 Å². The van der Waals surface area contributed by atoms with Gasteiger partial charge in [-0.3, -0.25) is 4.79 Å². The van der Waals surface area contributed by atoms with Crippen molar-refractivity contribution in [1.82, 2.24) is 24.7 Å². The third kappa shape index (κ3) is 4.52. The van der Waals surface area contributed by atoms with E-state index in [0.717, 1.165) is 0 Å². The normalized spacial score (nSPS) is 11.6. The lowest BCUT2D eigenvalue weighted by molar-refractivity contribution is -0.127. The summed E-state index contributed by atoms with van der Waals surface area (Å²) in [6.45, 7) is 3.63. The van der Waals surface area contributed by atoms with Crippen molar-refractivity contribution in [3.05, 3.63) is 46.4 Å². The number of hydrogen-bond donors (Lipinski definition) is 2. The van der Waals surface area contributed by atoms with Gasteiger partial charge in [-0.25, -0.2) is 9.20 Å². The number of pyridine rings is 1. The van der Waals surface area contributed by atoms with Gasteiger partial charge in [0.05, 0.1) is 24.7 Å². The molecule has 0 aliphatic rings. The van der Waals surface area contributed by atoms with Crippen molar-refractivity contribution in [2.75, 3.05) is 12.3 Å². The van der Waals surface area contributed by atoms with E-state index in [0.29, 0.717) is 0 Å². The molecule has 3 aromatic rings. The SMILES string of the molecule is CC(C)n1ncc(C(=O)NCC#Cc2nn3c(Cl)cccc3c2CC(F)(F)F)c1N. The van der Waals surface area contributed by atoms with Gasteiger partial charge in [0.1, 0.15) is 22.2 Å². The Bertz CT molecular complexity index is 1150. The highest BCUT2D eigenvalue weighted by Gasteiger charge is 2.31. The first-order valence-corrected chi connectivity index (χ1v) is 9.29. The number of carbonyl (C=O) groups is 1. The van der Waals surface area contributed by atoms with Gasteiger partial charge in [0.15, 0.2) is 0 Å². The Labute approximate surface area is 175 Å². The van der Waals surface area contributed by atoms with Crippen molar-refractivity contribution in [3.8, 4) is 11.8 Å². The molecule has 158 valence electrons. The average Bonchev–Trinajstić information content (AvgIpc) is 3.19. The van der Waals surface area contributed by atoms with Crippen LogP contribution in [0.3, 0.4) is 0 Å². The molecule has 7 nitrogen and oxygen atoms in total. The summed E-state index contributed by atoms with van der Waals surface area (Å²) >= 11 is 6.02. The quantitative estimate of drug-likeness (QED) is 0.483. The van der Waals surface area contributed by atoms with Gasteiger partial charge in [-0.1, -0.05) is 23.6 Å². The molecule has 30 heavy (non-hydrogen) atoms. The fourth-order valence-electron chi connectivity index (χ4n) is 2.87. The lowest BCUT2D eigenvalue weighted by Crippen LogP contribution is -2.24. The minimum Gasteiger partial charge on any atom is -0.383 e. The molecule has 0 saturated heterocycles. The predicted octanol–water partition coefficient (Wildman–Crippen LogP) is 3.23. The first kappa shape index (κ1) is 21.5. The van der Waals surface area contributed by atoms with Crippen LogP contribution in [0.5, 0.6) is 0 Å². The number of amides is 1. The maximum absolute atomic E-state index is 13.0. The number of anilines is 1. The molecule has 3 aromatic heterocycles. The number of nitrogens with zero attached hydrogens (tertiary/aromatic N) is 4. The topological polar surface area (TPSA) is 90.2 Å². The first-order valence-electron chi connectivity index (χ1n) is 8.91. The molecule has 3 N–H and O–H groups in total. The molecule has 0 aromatic carbocycles. The van der Waals surface area contributed by atoms with Gasteiger partial charge < -0.3 is 11.1 Å². The minimum atomic E-state index is -4.44. The largest absolute Gasteiger partial charge is 0.393 e. The van der Waals surface area contributed by atoms with Crippen molar-refractivity contribution in [3.63, 3.8) is 0 Å². The number of nitrogen functional groups attached to an aromatic ring is 1. The number of rotatable bonds is 4. The number of halogens is 4. The Morgan fingerprint density at radius 3 is 2.73 bits per heavy atom. The fourth-order valence-corrected chi connectivity index (χ4v) is 3.07. The number of nitrogens with one attached hydrogen (secondary N) is 1. The number of alkyl halides is 3. The smallest absolute Gasteiger partial charge is 0.383 e. The van der Waals surface area contributed by atoms with E-state index in [4.69, 9.17) is 17.3 Å². The molecule has 0 fully saturated rings. The number of hydrogen-bond acceptors (Lipinski definition) is 4. The van der Waals surface area contributed by atoms with Gasteiger partial charge in [0, 0.05) is 11.6 Å². The highest BCUT2D eigenvalue weighted by atomic mass is 35.5. The summed E-state index contributed by atoms with van der Waals surface area (Å²) in [6, 6.07) is 4.53. The van der Waals surface area contributed by atoms with E-state index in [-0.39, 0.29) is 45.9 Å². The minimum absolute atomic E-state index is 0.0136. The van der Waals surface area contributed by atoms with Crippen molar-refractivity contribution in [2.45, 2.75) is 32.5 Å². The van der Waals surface area contributed by atoms with E-state index in [1.165, 1.54) is 27.5 Å². The predicted molar refractivity (Wildman–Crippen MR) is 106 cm³/mol. The third-order valence-electron chi connectivity index (χ3n) is 4.20. The van der Waals surface area contributed by atoms with E-state index >= 15 is 0 Å². The summed E-state index contributed by atoms with van der Waals surface area (Å²) < 4.78 is 41.7. The number of nitrogens with two attached hydrogens (primary N) is 1. The van der Waals surface area contributed by atoms with Crippen LogP contribution < -0.4 is 11.1 Å². The van der Waals surface area contributed by atoms with Gasteiger partial charge in [-0.15, -0.1) is 0 Å². The molecule has 11 heteroatoms. The summed E-state index contributed by atoms with van der Waals surface area (Å²) in [5.41, 5.74) is 6.20. The zero-order valence-corrected chi connectivity index (χ0v) is 16.8. The lowest BCUT2D eigenvalue weighted by atomic mass is 10.1. The zero-order chi connectivity index (χ0) is 22.1. The summed E-state index contributed by atoms with van der Waals surface area (Å²) in [6.07, 6.45) is -4.29. The monoisotopic (exact) mass is 438 g/mol. The highest BCUT2D eigenvalue weighted by molar-refractivity contribution is 6.29. The third-order valence-corrected chi connectivity index (χ3v) is 4.49. The summed E-state index contributed by atoms with van der Waals surface area (Å²) in [5.74, 6) is 4.95. The highest BCUT2D eigenvalue weighted by Crippen LogP contribution is 2.27. The van der Waals surface area contributed by atoms with E-state index in [1.807, 2.05) is 13.8 Å². The van der Waals surface area contributed by atoms with E-state index in [9.17, 15) is 18.0 Å². The first-order chi connectivity index (χ1) is 14.1. The standard InChI is InChI=1S/C19H18ClF3N6O/c1-11(2)28-17(24)13(10-26-28)18(30)25-8-4-5-14-12(9-19(21,22)23)15-6-3-7-16(20)29(15)27-14/h3,6-7,10-11H,8-9,24H2,1-2H3,(H,25,30). The van der Waals surface area contributed by atoms with Crippen molar-refractivity contribution >= 4 is 28.8 Å². The van der Waals surface area contributed by atoms with E-state index in [1.54, 1.807) is 6.07 Å². The van der Waals surface area contributed by atoms with Crippen molar-refractivity contribution < 1.29 is 18.0 Å². The summed E-state index contributed by atoms with van der Waals surface area (Å²) in [4.78, 5) is 12.3. The van der Waals surface area contributed by atoms with Gasteiger partial charge in [-0.05, 0) is 31.9 Å². The zero-order valence-electron chi connectivity index (χ0n) is 16.1. The maximum Gasteiger partial charge on any atom is 0.393 e. The molecule has 0 radical (unpaired) electrons. The second kappa shape index (κ2) is 8.28. The number of fused-ring (bicyclic) bond motifs is 1. The second-order valence-corrected chi connectivity index (χ2v) is 7.12. The van der Waals surface area contributed by atoms with Crippen molar-refractivity contribution in [2.24, 2.45) is 0 Å². The Balaban J connectivity index is 1.80. The molecular weight excluding hydrogens is 421 g/mol. The molecule has 3 heterocycles. The van der Waals surface area contributed by atoms with Crippen molar-refractivity contribution in [1.29, 1.82) is 0 Å². The van der Waals surface area contributed by atoms with Crippen LogP contribution in [-0.4, -0.2) is 38.0 Å². The fraction of sp³-hybridized carbons (Fsp3) is 0.316. The Morgan fingerprint density at radius 1 is 1.37 bits per heavy atom. The van der Waals surface area contributed by atoms with E-state index < -0.39 is 18.5 Å². The van der Waals surface area contributed by atoms with Gasteiger partial charge >= 0.3 is 6.18 Å². The molecule has 1 amide bonds. The molecule has 0 spiro atoms. The molecular formula is C19H18ClF3N6O. The van der Waals surface area contributed by atoms with Crippen LogP contribution in [-0.2, 0) is 6.42 Å². The Hall–Kier alpha value is -3.19. The molecule has 0 saturated carbocycles. The van der Waals surface area contributed by atoms with Crippen LogP contribution in [0, 0.1) is 11.8 Å². The molecule has 0 aliphatic heterocycles. The Morgan fingerprint density at radius 2 is 2.10 bits per heavy atom. The van der Waals surface area contributed by atoms with Gasteiger partial charge in [-0.2, -0.15) is 23.4 Å². The van der Waals surface area contributed by atoms with E-state index in [2.05, 4.69) is 27.4 Å². The molecule has 0 atom stereocenters. The summed E-state index contributed by atoms with van der Waals surface area (Å²) in [5, 5.41) is 10.8. The van der Waals surface area contributed by atoms with Crippen LogP contribution in [0.25, 0.3) is 5.52 Å². The van der Waals surface area contributed by atoms with Crippen LogP contribution >= 0.6 is 11.6 Å². The molecule has 0 aliphatic carbocycles. The van der Waals surface area contributed by atoms with Crippen LogP contribution in [0.15, 0.2) is 24.4 Å². The van der Waals surface area contributed by atoms with Crippen LogP contribution in [0.1, 0.15) is 41.5 Å². The molecule has 0 unspecified atom stereocenters. The van der Waals surface area contributed by atoms with Crippen LogP contribution in [0.4, 0.5) is 19.0 Å². The summed E-state index contributed by atoms with van der Waals surface area (Å²) in [7, 11) is 0. The number of carbonyl (C=O) groups excluding carboxylic acids is 1. The molecule has 0 bridgehead atoms. The average molecular weight is 439 g/mol. The maximum atomic E-state index is 13.0. The Kier molecular flexibility index (Phi) is 5.94. The second-order valence-electron chi connectivity index (χ2n) is 6.73. The number of aromatic nitrogens is 4. The molecule has 3 rings (SSSR count). The van der Waals surface area contributed by atoms with Gasteiger partial charge in [0.25, 0.3) is 5.91 Å².